The molecular formula is C73H122O6. The lowest BCUT2D eigenvalue weighted by Crippen LogP contribution is -2.30. The summed E-state index contributed by atoms with van der Waals surface area (Å²) >= 11 is 0. The van der Waals surface area contributed by atoms with Gasteiger partial charge in [-0.15, -0.1) is 0 Å². The molecule has 0 aromatic rings. The van der Waals surface area contributed by atoms with Gasteiger partial charge in [0.05, 0.1) is 0 Å². The van der Waals surface area contributed by atoms with Crippen LogP contribution in [0.4, 0.5) is 0 Å². The van der Waals surface area contributed by atoms with Crippen molar-refractivity contribution in [2.75, 3.05) is 13.2 Å². The van der Waals surface area contributed by atoms with Crippen molar-refractivity contribution in [1.82, 2.24) is 0 Å². The van der Waals surface area contributed by atoms with Crippen LogP contribution in [0.25, 0.3) is 0 Å². The minimum absolute atomic E-state index is 0.103. The minimum atomic E-state index is -0.812. The maximum absolute atomic E-state index is 12.9. The molecular weight excluding hydrogens is 973 g/mol. The highest BCUT2D eigenvalue weighted by Gasteiger charge is 2.19. The summed E-state index contributed by atoms with van der Waals surface area (Å²) in [5.74, 6) is -0.990. The SMILES string of the molecule is CC/C=C\C/C=C\C/C=C\C/C=C\C/C=C\CCCCCCCCCCCCCCCCCCCC(=O)OCC(COC(=O)CC/C=C\C/C=C\C/C=C\C/C=C\CC)OC(=O)CCCCCCC/C=C\CCCCCCCC. The van der Waals surface area contributed by atoms with Gasteiger partial charge in [-0.25, -0.2) is 0 Å². The van der Waals surface area contributed by atoms with E-state index in [2.05, 4.69) is 136 Å². The van der Waals surface area contributed by atoms with Crippen LogP contribution in [-0.2, 0) is 28.6 Å². The van der Waals surface area contributed by atoms with E-state index in [0.717, 1.165) is 109 Å². The van der Waals surface area contributed by atoms with Crippen LogP contribution in [0, 0.1) is 0 Å². The van der Waals surface area contributed by atoms with E-state index < -0.39 is 6.10 Å². The molecule has 0 saturated carbocycles. The Morgan fingerprint density at radius 1 is 0.266 bits per heavy atom. The summed E-state index contributed by atoms with van der Waals surface area (Å²) in [6, 6.07) is 0. The zero-order valence-corrected chi connectivity index (χ0v) is 51.6. The predicted octanol–water partition coefficient (Wildman–Crippen LogP) is 22.8. The number of unbranched alkanes of at least 4 members (excludes halogenated alkanes) is 28. The second-order valence-corrected chi connectivity index (χ2v) is 21.6. The molecule has 0 radical (unpaired) electrons. The fourth-order valence-electron chi connectivity index (χ4n) is 9.07. The Morgan fingerprint density at radius 2 is 0.519 bits per heavy atom. The Morgan fingerprint density at radius 3 is 0.861 bits per heavy atom. The molecule has 6 heteroatoms. The van der Waals surface area contributed by atoms with Crippen LogP contribution in [0.5, 0.6) is 0 Å². The number of allylic oxidation sites excluding steroid dienone is 20. The monoisotopic (exact) mass is 1090 g/mol. The standard InChI is InChI=1S/C73H122O6/c1-4-7-10-13-16-19-22-25-27-28-29-30-31-32-33-34-35-36-37-38-39-40-41-42-43-44-46-48-51-54-57-60-63-66-72(75)78-69-70(68-77-71(74)65-62-59-56-53-50-47-24-21-18-15-12-9-6-3)79-73(76)67-64-61-58-55-52-49-45-26-23-20-17-14-11-8-5-2/h7,9-10,12,16,18-19,21,25-27,29-30,32-33,45,47,50,56,59,70H,4-6,8,11,13-15,17,20,22-24,28,31,34-44,46,48-49,51-55,57-58,60-69H2,1-3H3/b10-7-,12-9-,19-16-,21-18-,27-25-,30-29-,33-32-,45-26-,50-47-,59-56-. The first-order valence-corrected chi connectivity index (χ1v) is 33.0. The molecule has 0 aliphatic heterocycles. The van der Waals surface area contributed by atoms with Gasteiger partial charge in [0.25, 0.3) is 0 Å². The first-order valence-electron chi connectivity index (χ1n) is 33.0. The molecule has 0 fully saturated rings. The van der Waals surface area contributed by atoms with Gasteiger partial charge in [-0.1, -0.05) is 290 Å². The summed E-state index contributed by atoms with van der Waals surface area (Å²) in [5.41, 5.74) is 0. The van der Waals surface area contributed by atoms with Gasteiger partial charge in [-0.05, 0) is 116 Å². The Labute approximate surface area is 488 Å². The molecule has 0 rings (SSSR count). The molecule has 1 unspecified atom stereocenters. The van der Waals surface area contributed by atoms with Crippen molar-refractivity contribution in [3.63, 3.8) is 0 Å². The number of rotatable bonds is 59. The number of carbonyl (C=O) groups excluding carboxylic acids is 3. The molecule has 0 aromatic heterocycles. The molecule has 0 heterocycles. The summed E-state index contributed by atoms with van der Waals surface area (Å²) in [6.07, 6.45) is 92.4. The normalized spacial score (nSPS) is 12.9. The lowest BCUT2D eigenvalue weighted by atomic mass is 10.0. The van der Waals surface area contributed by atoms with Crippen LogP contribution in [0.3, 0.4) is 0 Å². The Kier molecular flexibility index (Phi) is 62.8. The van der Waals surface area contributed by atoms with Crippen LogP contribution in [0.2, 0.25) is 0 Å². The van der Waals surface area contributed by atoms with Crippen molar-refractivity contribution in [2.24, 2.45) is 0 Å². The lowest BCUT2D eigenvalue weighted by Gasteiger charge is -2.18. The third kappa shape index (κ3) is 64.5. The van der Waals surface area contributed by atoms with Crippen LogP contribution >= 0.6 is 0 Å². The number of hydrogen-bond acceptors (Lipinski definition) is 6. The lowest BCUT2D eigenvalue weighted by molar-refractivity contribution is -0.166. The van der Waals surface area contributed by atoms with Gasteiger partial charge < -0.3 is 14.2 Å². The molecule has 79 heavy (non-hydrogen) atoms. The van der Waals surface area contributed by atoms with E-state index in [9.17, 15) is 14.4 Å². The third-order valence-electron chi connectivity index (χ3n) is 13.9. The molecule has 0 amide bonds. The quantitative estimate of drug-likeness (QED) is 0.0261. The highest BCUT2D eigenvalue weighted by atomic mass is 16.6. The molecule has 0 saturated heterocycles. The molecule has 450 valence electrons. The van der Waals surface area contributed by atoms with Crippen LogP contribution in [0.1, 0.15) is 303 Å². The van der Waals surface area contributed by atoms with Crippen LogP contribution in [-0.4, -0.2) is 37.2 Å². The third-order valence-corrected chi connectivity index (χ3v) is 13.9. The summed E-state index contributed by atoms with van der Waals surface area (Å²) in [7, 11) is 0. The maximum atomic E-state index is 12.9. The molecule has 1 atom stereocenters. The summed E-state index contributed by atoms with van der Waals surface area (Å²) in [5, 5.41) is 0. The average molecular weight is 1100 g/mol. The molecule has 0 N–H and O–H groups in total. The highest BCUT2D eigenvalue weighted by molar-refractivity contribution is 5.71. The van der Waals surface area contributed by atoms with Gasteiger partial charge in [-0.3, -0.25) is 14.4 Å². The van der Waals surface area contributed by atoms with Gasteiger partial charge in [0.1, 0.15) is 13.2 Å². The average Bonchev–Trinajstić information content (AvgIpc) is 3.45. The fourth-order valence-corrected chi connectivity index (χ4v) is 9.07. The number of carbonyl (C=O) groups is 3. The van der Waals surface area contributed by atoms with Crippen LogP contribution < -0.4 is 0 Å². The van der Waals surface area contributed by atoms with Gasteiger partial charge in [0, 0.05) is 19.3 Å². The summed E-state index contributed by atoms with van der Waals surface area (Å²) < 4.78 is 16.8. The van der Waals surface area contributed by atoms with Gasteiger partial charge in [0.2, 0.25) is 0 Å². The molecule has 0 aliphatic rings. The molecule has 0 aromatic carbocycles. The Bertz CT molecular complexity index is 1640. The molecule has 6 nitrogen and oxygen atoms in total. The predicted molar refractivity (Wildman–Crippen MR) is 343 cm³/mol. The highest BCUT2D eigenvalue weighted by Crippen LogP contribution is 2.16. The van der Waals surface area contributed by atoms with Gasteiger partial charge in [0.15, 0.2) is 6.10 Å². The second-order valence-electron chi connectivity index (χ2n) is 21.6. The van der Waals surface area contributed by atoms with Gasteiger partial charge >= 0.3 is 17.9 Å². The van der Waals surface area contributed by atoms with E-state index in [-0.39, 0.29) is 37.5 Å². The summed E-state index contributed by atoms with van der Waals surface area (Å²) in [6.45, 7) is 6.35. The number of ether oxygens (including phenoxy) is 3. The van der Waals surface area contributed by atoms with E-state index in [1.807, 2.05) is 6.08 Å². The van der Waals surface area contributed by atoms with Crippen LogP contribution in [0.15, 0.2) is 122 Å². The van der Waals surface area contributed by atoms with Crippen molar-refractivity contribution in [1.29, 1.82) is 0 Å². The van der Waals surface area contributed by atoms with Crippen molar-refractivity contribution < 1.29 is 28.6 Å². The van der Waals surface area contributed by atoms with Crippen molar-refractivity contribution in [3.8, 4) is 0 Å². The zero-order chi connectivity index (χ0) is 57.1. The number of esters is 3. The van der Waals surface area contributed by atoms with E-state index in [1.165, 1.54) is 148 Å². The molecule has 0 bridgehead atoms. The van der Waals surface area contributed by atoms with E-state index >= 15 is 0 Å². The van der Waals surface area contributed by atoms with E-state index in [4.69, 9.17) is 14.2 Å². The summed E-state index contributed by atoms with van der Waals surface area (Å²) in [4.78, 5) is 38.2. The van der Waals surface area contributed by atoms with E-state index in [1.54, 1.807) is 0 Å². The van der Waals surface area contributed by atoms with Crippen molar-refractivity contribution in [2.45, 2.75) is 309 Å². The fraction of sp³-hybridized carbons (Fsp3) is 0.685. The smallest absolute Gasteiger partial charge is 0.306 e. The zero-order valence-electron chi connectivity index (χ0n) is 51.6. The maximum Gasteiger partial charge on any atom is 0.306 e. The minimum Gasteiger partial charge on any atom is -0.462 e. The first-order chi connectivity index (χ1) is 39.0. The Hall–Kier alpha value is -4.19. The van der Waals surface area contributed by atoms with Crippen molar-refractivity contribution in [3.05, 3.63) is 122 Å². The number of hydrogen-bond donors (Lipinski definition) is 0. The largest absolute Gasteiger partial charge is 0.462 e. The van der Waals surface area contributed by atoms with Gasteiger partial charge in [-0.2, -0.15) is 0 Å². The topological polar surface area (TPSA) is 78.9 Å². The first kappa shape index (κ1) is 74.8. The molecule has 0 spiro atoms. The molecule has 0 aliphatic carbocycles. The van der Waals surface area contributed by atoms with E-state index in [0.29, 0.717) is 19.3 Å². The Balaban J connectivity index is 4.20. The van der Waals surface area contributed by atoms with Crippen molar-refractivity contribution >= 4 is 17.9 Å². The second kappa shape index (κ2) is 66.3.